The Labute approximate surface area is 167 Å². The molecule has 1 amide bonds. The standard InChI is InChI=1S/C19H30N2O6S/c1-5-25-16-11-14(12-17(26-6-2)18(16)27-7-3)19(22)20-15-9-8-10-21(13-15)28(4,23)24/h11-12,15H,5-10,13H2,1-4H3,(H,20,22). The molecule has 1 aliphatic heterocycles. The minimum Gasteiger partial charge on any atom is -0.490 e. The molecule has 1 heterocycles. The van der Waals surface area contributed by atoms with Gasteiger partial charge in [-0.15, -0.1) is 0 Å². The van der Waals surface area contributed by atoms with E-state index in [-0.39, 0.29) is 18.5 Å². The van der Waals surface area contributed by atoms with Crippen LogP contribution in [0.25, 0.3) is 0 Å². The Bertz CT molecular complexity index is 754. The van der Waals surface area contributed by atoms with Crippen LogP contribution in [-0.2, 0) is 10.0 Å². The third-order valence-electron chi connectivity index (χ3n) is 4.36. The highest BCUT2D eigenvalue weighted by Crippen LogP contribution is 2.39. The number of nitrogens with zero attached hydrogens (tertiary/aromatic N) is 1. The lowest BCUT2D eigenvalue weighted by atomic mass is 10.1. The van der Waals surface area contributed by atoms with Crippen LogP contribution >= 0.6 is 0 Å². The molecule has 2 rings (SSSR count). The van der Waals surface area contributed by atoms with Gasteiger partial charge in [0.05, 0.1) is 26.1 Å². The van der Waals surface area contributed by atoms with Crippen molar-refractivity contribution in [2.75, 3.05) is 39.2 Å². The highest BCUT2D eigenvalue weighted by molar-refractivity contribution is 7.88. The van der Waals surface area contributed by atoms with Crippen LogP contribution in [0, 0.1) is 0 Å². The maximum atomic E-state index is 12.8. The van der Waals surface area contributed by atoms with Gasteiger partial charge in [-0.1, -0.05) is 0 Å². The quantitative estimate of drug-likeness (QED) is 0.665. The fourth-order valence-corrected chi connectivity index (χ4v) is 4.06. The lowest BCUT2D eigenvalue weighted by molar-refractivity contribution is 0.0920. The molecule has 1 unspecified atom stereocenters. The van der Waals surface area contributed by atoms with Crippen molar-refractivity contribution in [1.29, 1.82) is 0 Å². The zero-order chi connectivity index (χ0) is 20.7. The van der Waals surface area contributed by atoms with E-state index in [1.54, 1.807) is 12.1 Å². The summed E-state index contributed by atoms with van der Waals surface area (Å²) in [4.78, 5) is 12.8. The molecule has 1 aromatic carbocycles. The molecule has 0 saturated carbocycles. The first kappa shape index (κ1) is 22.3. The summed E-state index contributed by atoms with van der Waals surface area (Å²) in [6.07, 6.45) is 2.62. The fraction of sp³-hybridized carbons (Fsp3) is 0.632. The molecule has 158 valence electrons. The van der Waals surface area contributed by atoms with Crippen molar-refractivity contribution >= 4 is 15.9 Å². The Morgan fingerprint density at radius 1 is 1.11 bits per heavy atom. The van der Waals surface area contributed by atoms with Crippen LogP contribution in [-0.4, -0.2) is 63.8 Å². The molecule has 0 aromatic heterocycles. The number of amides is 1. The van der Waals surface area contributed by atoms with E-state index < -0.39 is 10.0 Å². The van der Waals surface area contributed by atoms with Gasteiger partial charge in [-0.05, 0) is 45.7 Å². The summed E-state index contributed by atoms with van der Waals surface area (Å²) in [6, 6.07) is 3.01. The molecule has 28 heavy (non-hydrogen) atoms. The van der Waals surface area contributed by atoms with Gasteiger partial charge < -0.3 is 19.5 Å². The lowest BCUT2D eigenvalue weighted by Gasteiger charge is -2.31. The summed E-state index contributed by atoms with van der Waals surface area (Å²) in [7, 11) is -3.27. The molecule has 1 fully saturated rings. The average molecular weight is 415 g/mol. The monoisotopic (exact) mass is 414 g/mol. The summed E-state index contributed by atoms with van der Waals surface area (Å²) in [5.74, 6) is 1.07. The van der Waals surface area contributed by atoms with Gasteiger partial charge in [0, 0.05) is 24.7 Å². The third kappa shape index (κ3) is 5.75. The maximum Gasteiger partial charge on any atom is 0.251 e. The number of carbonyl (C=O) groups is 1. The van der Waals surface area contributed by atoms with Gasteiger partial charge >= 0.3 is 0 Å². The van der Waals surface area contributed by atoms with Crippen LogP contribution in [0.2, 0.25) is 0 Å². The second-order valence-electron chi connectivity index (χ2n) is 6.53. The molecule has 1 atom stereocenters. The highest BCUT2D eigenvalue weighted by atomic mass is 32.2. The van der Waals surface area contributed by atoms with E-state index in [1.165, 1.54) is 10.6 Å². The molecular weight excluding hydrogens is 384 g/mol. The topological polar surface area (TPSA) is 94.2 Å². The zero-order valence-electron chi connectivity index (χ0n) is 17.0. The number of piperidine rings is 1. The minimum atomic E-state index is -3.27. The number of hydrogen-bond donors (Lipinski definition) is 1. The fourth-order valence-electron chi connectivity index (χ4n) is 3.15. The number of sulfonamides is 1. The predicted octanol–water partition coefficient (Wildman–Crippen LogP) is 2.04. The SMILES string of the molecule is CCOc1cc(C(=O)NC2CCCN(S(C)(=O)=O)C2)cc(OCC)c1OCC. The van der Waals surface area contributed by atoms with Gasteiger partial charge in [0.15, 0.2) is 11.5 Å². The van der Waals surface area contributed by atoms with Gasteiger partial charge in [-0.2, -0.15) is 0 Å². The number of benzene rings is 1. The number of ether oxygens (including phenoxy) is 3. The molecule has 1 aliphatic rings. The van der Waals surface area contributed by atoms with Gasteiger partial charge in [0.25, 0.3) is 5.91 Å². The van der Waals surface area contributed by atoms with E-state index in [9.17, 15) is 13.2 Å². The largest absolute Gasteiger partial charge is 0.490 e. The van der Waals surface area contributed by atoms with Crippen LogP contribution in [0.3, 0.4) is 0 Å². The molecule has 1 saturated heterocycles. The highest BCUT2D eigenvalue weighted by Gasteiger charge is 2.27. The predicted molar refractivity (Wildman–Crippen MR) is 107 cm³/mol. The van der Waals surface area contributed by atoms with E-state index in [2.05, 4.69) is 5.32 Å². The van der Waals surface area contributed by atoms with Crippen molar-refractivity contribution in [3.8, 4) is 17.2 Å². The molecule has 1 aromatic rings. The second kappa shape index (κ2) is 9.97. The van der Waals surface area contributed by atoms with Gasteiger partial charge in [-0.25, -0.2) is 12.7 Å². The van der Waals surface area contributed by atoms with Crippen molar-refractivity contribution in [1.82, 2.24) is 9.62 Å². The van der Waals surface area contributed by atoms with Gasteiger partial charge in [0.1, 0.15) is 0 Å². The molecule has 9 heteroatoms. The second-order valence-corrected chi connectivity index (χ2v) is 8.52. The molecular formula is C19H30N2O6S. The van der Waals surface area contributed by atoms with Crippen LogP contribution in [0.5, 0.6) is 17.2 Å². The van der Waals surface area contributed by atoms with E-state index in [1.807, 2.05) is 20.8 Å². The van der Waals surface area contributed by atoms with Crippen molar-refractivity contribution < 1.29 is 27.4 Å². The number of carbonyl (C=O) groups excluding carboxylic acids is 1. The van der Waals surface area contributed by atoms with E-state index in [0.717, 1.165) is 6.42 Å². The summed E-state index contributed by atoms with van der Waals surface area (Å²) < 4.78 is 41.9. The molecule has 0 radical (unpaired) electrons. The first-order chi connectivity index (χ1) is 13.3. The summed E-state index contributed by atoms with van der Waals surface area (Å²) >= 11 is 0. The van der Waals surface area contributed by atoms with Crippen LogP contribution in [0.15, 0.2) is 12.1 Å². The Kier molecular flexibility index (Phi) is 7.94. The maximum absolute atomic E-state index is 12.8. The third-order valence-corrected chi connectivity index (χ3v) is 5.63. The Balaban J connectivity index is 2.24. The normalized spacial score (nSPS) is 17.8. The van der Waals surface area contributed by atoms with E-state index in [4.69, 9.17) is 14.2 Å². The molecule has 1 N–H and O–H groups in total. The van der Waals surface area contributed by atoms with E-state index >= 15 is 0 Å². The first-order valence-electron chi connectivity index (χ1n) is 9.62. The molecule has 0 bridgehead atoms. The van der Waals surface area contributed by atoms with Crippen molar-refractivity contribution in [2.45, 2.75) is 39.7 Å². The summed E-state index contributed by atoms with van der Waals surface area (Å²) in [5, 5.41) is 2.93. The Hall–Kier alpha value is -2.00. The number of hydrogen-bond acceptors (Lipinski definition) is 6. The van der Waals surface area contributed by atoms with Gasteiger partial charge in [-0.3, -0.25) is 4.79 Å². The lowest BCUT2D eigenvalue weighted by Crippen LogP contribution is -2.49. The van der Waals surface area contributed by atoms with E-state index in [0.29, 0.717) is 55.6 Å². The summed E-state index contributed by atoms with van der Waals surface area (Å²) in [6.45, 7) is 7.60. The van der Waals surface area contributed by atoms with Crippen molar-refractivity contribution in [3.05, 3.63) is 17.7 Å². The molecule has 0 spiro atoms. The Morgan fingerprint density at radius 2 is 1.68 bits per heavy atom. The van der Waals surface area contributed by atoms with Crippen molar-refractivity contribution in [2.24, 2.45) is 0 Å². The Morgan fingerprint density at radius 3 is 2.18 bits per heavy atom. The summed E-state index contributed by atoms with van der Waals surface area (Å²) in [5.41, 5.74) is 0.381. The average Bonchev–Trinajstić information content (AvgIpc) is 2.64. The van der Waals surface area contributed by atoms with Crippen LogP contribution < -0.4 is 19.5 Å². The number of rotatable bonds is 9. The molecule has 8 nitrogen and oxygen atoms in total. The minimum absolute atomic E-state index is 0.242. The number of nitrogens with one attached hydrogen (secondary N) is 1. The van der Waals surface area contributed by atoms with Crippen LogP contribution in [0.4, 0.5) is 0 Å². The van der Waals surface area contributed by atoms with Crippen LogP contribution in [0.1, 0.15) is 44.0 Å². The molecule has 0 aliphatic carbocycles. The zero-order valence-corrected chi connectivity index (χ0v) is 17.8. The first-order valence-corrected chi connectivity index (χ1v) is 11.5. The van der Waals surface area contributed by atoms with Crippen molar-refractivity contribution in [3.63, 3.8) is 0 Å². The smallest absolute Gasteiger partial charge is 0.251 e. The van der Waals surface area contributed by atoms with Gasteiger partial charge in [0.2, 0.25) is 15.8 Å².